The minimum absolute atomic E-state index is 0.216. The van der Waals surface area contributed by atoms with E-state index in [0.717, 1.165) is 0 Å². The molecule has 0 bridgehead atoms. The standard InChI is InChI=1S/C11H17NO4/c1-7(2)9(13)15-11(5,12-6)16-10(14)8(3)4/h12H,1,3H2,2,4-6H3. The summed E-state index contributed by atoms with van der Waals surface area (Å²) in [6.07, 6.45) is 0. The molecule has 0 radical (unpaired) electrons. The summed E-state index contributed by atoms with van der Waals surface area (Å²) in [6, 6.07) is 0. The maximum absolute atomic E-state index is 11.3. The van der Waals surface area contributed by atoms with Crippen LogP contribution in [0.1, 0.15) is 20.8 Å². The van der Waals surface area contributed by atoms with E-state index >= 15 is 0 Å². The van der Waals surface area contributed by atoms with Crippen molar-refractivity contribution in [1.29, 1.82) is 0 Å². The van der Waals surface area contributed by atoms with Crippen LogP contribution in [-0.2, 0) is 19.1 Å². The van der Waals surface area contributed by atoms with Gasteiger partial charge < -0.3 is 9.47 Å². The Bertz CT molecular complexity index is 305. The Kier molecular flexibility index (Phi) is 4.91. The first-order valence-electron chi connectivity index (χ1n) is 4.68. The third kappa shape index (κ3) is 4.27. The van der Waals surface area contributed by atoms with E-state index in [1.165, 1.54) is 27.8 Å². The Morgan fingerprint density at radius 2 is 1.38 bits per heavy atom. The van der Waals surface area contributed by atoms with Crippen LogP contribution in [0.25, 0.3) is 0 Å². The lowest BCUT2D eigenvalue weighted by Gasteiger charge is -2.28. The van der Waals surface area contributed by atoms with Gasteiger partial charge in [0, 0.05) is 18.1 Å². The van der Waals surface area contributed by atoms with Gasteiger partial charge in [-0.05, 0) is 20.9 Å². The third-order valence-corrected chi connectivity index (χ3v) is 1.73. The van der Waals surface area contributed by atoms with Gasteiger partial charge in [-0.2, -0.15) is 0 Å². The summed E-state index contributed by atoms with van der Waals surface area (Å²) in [7, 11) is 1.50. The van der Waals surface area contributed by atoms with E-state index in [2.05, 4.69) is 18.5 Å². The molecule has 0 fully saturated rings. The van der Waals surface area contributed by atoms with Gasteiger partial charge in [0.25, 0.3) is 0 Å². The molecule has 0 saturated carbocycles. The van der Waals surface area contributed by atoms with E-state index in [4.69, 9.17) is 9.47 Å². The lowest BCUT2D eigenvalue weighted by molar-refractivity contribution is -0.226. The van der Waals surface area contributed by atoms with Gasteiger partial charge in [0.2, 0.25) is 0 Å². The van der Waals surface area contributed by atoms with Gasteiger partial charge in [-0.3, -0.25) is 0 Å². The van der Waals surface area contributed by atoms with Crippen molar-refractivity contribution < 1.29 is 19.1 Å². The Balaban J connectivity index is 4.66. The Hall–Kier alpha value is -1.62. The highest BCUT2D eigenvalue weighted by Gasteiger charge is 2.31. The number of hydrogen-bond acceptors (Lipinski definition) is 5. The van der Waals surface area contributed by atoms with Crippen LogP contribution in [0, 0.1) is 0 Å². The lowest BCUT2D eigenvalue weighted by atomic mass is 10.3. The molecule has 0 aliphatic carbocycles. The second kappa shape index (κ2) is 5.46. The topological polar surface area (TPSA) is 64.6 Å². The Labute approximate surface area is 95.1 Å². The summed E-state index contributed by atoms with van der Waals surface area (Å²) < 4.78 is 9.87. The fraction of sp³-hybridized carbons (Fsp3) is 0.455. The van der Waals surface area contributed by atoms with Crippen molar-refractivity contribution in [2.45, 2.75) is 26.7 Å². The minimum atomic E-state index is -1.52. The molecule has 1 N–H and O–H groups in total. The van der Waals surface area contributed by atoms with Crippen LogP contribution in [0.15, 0.2) is 24.3 Å². The quantitative estimate of drug-likeness (QED) is 0.433. The molecule has 90 valence electrons. The second-order valence-electron chi connectivity index (χ2n) is 3.54. The van der Waals surface area contributed by atoms with Crippen molar-refractivity contribution in [3.63, 3.8) is 0 Å². The maximum atomic E-state index is 11.3. The van der Waals surface area contributed by atoms with Crippen molar-refractivity contribution >= 4 is 11.9 Å². The lowest BCUT2D eigenvalue weighted by Crippen LogP contribution is -2.48. The first-order valence-corrected chi connectivity index (χ1v) is 4.68. The SMILES string of the molecule is C=C(C)C(=O)OC(C)(NC)OC(=O)C(=C)C. The van der Waals surface area contributed by atoms with Gasteiger partial charge in [-0.1, -0.05) is 13.2 Å². The highest BCUT2D eigenvalue weighted by Crippen LogP contribution is 2.12. The molecule has 0 aromatic carbocycles. The molecule has 0 aliphatic rings. The summed E-state index contributed by atoms with van der Waals surface area (Å²) in [4.78, 5) is 22.6. The highest BCUT2D eigenvalue weighted by molar-refractivity contribution is 5.88. The third-order valence-electron chi connectivity index (χ3n) is 1.73. The fourth-order valence-corrected chi connectivity index (χ4v) is 0.651. The number of esters is 2. The zero-order chi connectivity index (χ0) is 12.9. The molecule has 0 aliphatic heterocycles. The van der Waals surface area contributed by atoms with Crippen molar-refractivity contribution in [3.8, 4) is 0 Å². The van der Waals surface area contributed by atoms with Gasteiger partial charge >= 0.3 is 17.8 Å². The Morgan fingerprint density at radius 3 is 1.56 bits per heavy atom. The molecule has 5 heteroatoms. The number of rotatable bonds is 5. The predicted octanol–water partition coefficient (Wildman–Crippen LogP) is 1.12. The monoisotopic (exact) mass is 227 g/mol. The number of carbonyl (C=O) groups is 2. The molecule has 0 saturated heterocycles. The summed E-state index contributed by atoms with van der Waals surface area (Å²) in [5, 5.41) is 2.58. The largest absolute Gasteiger partial charge is 0.405 e. The first-order chi connectivity index (χ1) is 7.22. The van der Waals surface area contributed by atoms with Crippen LogP contribution in [0.5, 0.6) is 0 Å². The van der Waals surface area contributed by atoms with Crippen LogP contribution in [0.3, 0.4) is 0 Å². The molecule has 0 rings (SSSR count). The summed E-state index contributed by atoms with van der Waals surface area (Å²) in [6.45, 7) is 11.3. The molecule has 0 amide bonds. The maximum Gasteiger partial charge on any atom is 0.337 e. The first kappa shape index (κ1) is 14.4. The molecule has 0 unspecified atom stereocenters. The molecule has 0 heterocycles. The minimum Gasteiger partial charge on any atom is -0.405 e. The number of carbonyl (C=O) groups excluding carboxylic acids is 2. The molecule has 0 atom stereocenters. The van der Waals surface area contributed by atoms with Crippen molar-refractivity contribution in [2.75, 3.05) is 7.05 Å². The number of hydrogen-bond donors (Lipinski definition) is 1. The molecular formula is C11H17NO4. The van der Waals surface area contributed by atoms with Gasteiger partial charge in [0.1, 0.15) is 0 Å². The molecule has 5 nitrogen and oxygen atoms in total. The molecule has 0 aromatic heterocycles. The van der Waals surface area contributed by atoms with Crippen LogP contribution in [0.4, 0.5) is 0 Å². The van der Waals surface area contributed by atoms with Gasteiger partial charge in [-0.15, -0.1) is 0 Å². The van der Waals surface area contributed by atoms with E-state index < -0.39 is 17.8 Å². The summed E-state index contributed by atoms with van der Waals surface area (Å²) in [5.41, 5.74) is 0.431. The van der Waals surface area contributed by atoms with Crippen LogP contribution < -0.4 is 5.32 Å². The predicted molar refractivity (Wildman–Crippen MR) is 59.3 cm³/mol. The van der Waals surface area contributed by atoms with Gasteiger partial charge in [0.15, 0.2) is 0 Å². The van der Waals surface area contributed by atoms with Crippen molar-refractivity contribution in [1.82, 2.24) is 5.32 Å². The summed E-state index contributed by atoms with van der Waals surface area (Å²) >= 11 is 0. The number of nitrogens with one attached hydrogen (secondary N) is 1. The fourth-order valence-electron chi connectivity index (χ4n) is 0.651. The zero-order valence-corrected chi connectivity index (χ0v) is 10.0. The Morgan fingerprint density at radius 1 is 1.06 bits per heavy atom. The smallest absolute Gasteiger partial charge is 0.337 e. The van der Waals surface area contributed by atoms with E-state index in [1.807, 2.05) is 0 Å². The number of ether oxygens (including phenoxy) is 2. The van der Waals surface area contributed by atoms with Gasteiger partial charge in [0.05, 0.1) is 0 Å². The molecule has 0 spiro atoms. The van der Waals surface area contributed by atoms with E-state index in [1.54, 1.807) is 0 Å². The van der Waals surface area contributed by atoms with E-state index in [-0.39, 0.29) is 11.1 Å². The second-order valence-corrected chi connectivity index (χ2v) is 3.54. The van der Waals surface area contributed by atoms with E-state index in [0.29, 0.717) is 0 Å². The van der Waals surface area contributed by atoms with Gasteiger partial charge in [-0.25, -0.2) is 14.9 Å². The van der Waals surface area contributed by atoms with Crippen LogP contribution in [-0.4, -0.2) is 24.9 Å². The molecule has 16 heavy (non-hydrogen) atoms. The van der Waals surface area contributed by atoms with Crippen LogP contribution in [0.2, 0.25) is 0 Å². The van der Waals surface area contributed by atoms with Crippen molar-refractivity contribution in [2.24, 2.45) is 0 Å². The summed E-state index contributed by atoms with van der Waals surface area (Å²) in [5.74, 6) is -2.82. The molecular weight excluding hydrogens is 210 g/mol. The average molecular weight is 227 g/mol. The molecule has 0 aromatic rings. The van der Waals surface area contributed by atoms with E-state index in [9.17, 15) is 9.59 Å². The van der Waals surface area contributed by atoms with Crippen LogP contribution >= 0.6 is 0 Å². The zero-order valence-electron chi connectivity index (χ0n) is 10.0. The highest BCUT2D eigenvalue weighted by atomic mass is 16.7. The average Bonchev–Trinajstić information content (AvgIpc) is 2.17. The van der Waals surface area contributed by atoms with Crippen molar-refractivity contribution in [3.05, 3.63) is 24.3 Å². The normalized spacial score (nSPS) is 10.5.